The Labute approximate surface area is 64.4 Å². The van der Waals surface area contributed by atoms with Gasteiger partial charge in [-0.1, -0.05) is 0 Å². The van der Waals surface area contributed by atoms with Crippen molar-refractivity contribution >= 4 is 0 Å². The first-order chi connectivity index (χ1) is 4.39. The van der Waals surface area contributed by atoms with Gasteiger partial charge in [-0.15, -0.1) is 0 Å². The SMILES string of the molecule is [Ni][C]1=CC=CCCCC1. The van der Waals surface area contributed by atoms with Crippen molar-refractivity contribution in [1.29, 1.82) is 0 Å². The van der Waals surface area contributed by atoms with Crippen LogP contribution in [0.5, 0.6) is 0 Å². The minimum atomic E-state index is 1.13. The molecule has 0 radical (unpaired) electrons. The van der Waals surface area contributed by atoms with Crippen molar-refractivity contribution in [2.75, 3.05) is 0 Å². The minimum absolute atomic E-state index is 1.13. The molecule has 0 atom stereocenters. The van der Waals surface area contributed by atoms with E-state index in [4.69, 9.17) is 15.5 Å². The zero-order valence-electron chi connectivity index (χ0n) is 5.38. The van der Waals surface area contributed by atoms with E-state index < -0.39 is 0 Å². The molecule has 0 nitrogen and oxygen atoms in total. The van der Waals surface area contributed by atoms with E-state index in [-0.39, 0.29) is 0 Å². The Balaban J connectivity index is 2.48. The summed E-state index contributed by atoms with van der Waals surface area (Å²) in [4.78, 5) is 0. The van der Waals surface area contributed by atoms with Gasteiger partial charge in [0.15, 0.2) is 0 Å². The molecule has 0 aromatic carbocycles. The molecule has 0 amide bonds. The normalized spacial score (nSPS) is 20.4. The zero-order chi connectivity index (χ0) is 6.53. The molecule has 1 aliphatic rings. The molecule has 1 aliphatic carbocycles. The monoisotopic (exact) mass is 165 g/mol. The van der Waals surface area contributed by atoms with E-state index in [0.29, 0.717) is 0 Å². The topological polar surface area (TPSA) is 0 Å². The summed E-state index contributed by atoms with van der Waals surface area (Å²) in [6, 6.07) is 0. The maximum atomic E-state index is 4.76. The molecule has 0 aromatic heterocycles. The molecule has 0 saturated heterocycles. The van der Waals surface area contributed by atoms with Gasteiger partial charge in [-0.05, 0) is 0 Å². The van der Waals surface area contributed by atoms with E-state index >= 15 is 0 Å². The fourth-order valence-corrected chi connectivity index (χ4v) is 1.16. The molecule has 0 aliphatic heterocycles. The van der Waals surface area contributed by atoms with Gasteiger partial charge < -0.3 is 0 Å². The van der Waals surface area contributed by atoms with Crippen molar-refractivity contribution in [3.63, 3.8) is 0 Å². The van der Waals surface area contributed by atoms with Crippen LogP contribution in [0.2, 0.25) is 0 Å². The van der Waals surface area contributed by atoms with Gasteiger partial charge in [0.1, 0.15) is 0 Å². The van der Waals surface area contributed by atoms with Crippen LogP contribution in [0.25, 0.3) is 0 Å². The van der Waals surface area contributed by atoms with Gasteiger partial charge >= 0.3 is 63.9 Å². The summed E-state index contributed by atoms with van der Waals surface area (Å²) in [5.74, 6) is 0. The Morgan fingerprint density at radius 3 is 3.11 bits per heavy atom. The van der Waals surface area contributed by atoms with Crippen molar-refractivity contribution in [1.82, 2.24) is 0 Å². The van der Waals surface area contributed by atoms with Gasteiger partial charge in [-0.2, -0.15) is 0 Å². The van der Waals surface area contributed by atoms with Crippen molar-refractivity contribution in [2.24, 2.45) is 0 Å². The number of allylic oxidation sites excluding steroid dienone is 4. The standard InChI is InChI=1S/C8H11.Ni/c1-2-4-6-8-7-5-3-1;/h1-3H,4,6-8H2;. The van der Waals surface area contributed by atoms with E-state index in [1.54, 1.807) is 0 Å². The van der Waals surface area contributed by atoms with Crippen LogP contribution in [-0.2, 0) is 15.5 Å². The van der Waals surface area contributed by atoms with E-state index in [0.717, 1.165) is 11.0 Å². The van der Waals surface area contributed by atoms with Crippen LogP contribution in [0.4, 0.5) is 0 Å². The Morgan fingerprint density at radius 2 is 2.22 bits per heavy atom. The third-order valence-corrected chi connectivity index (χ3v) is 1.84. The number of rotatable bonds is 0. The molecule has 1 rings (SSSR count). The van der Waals surface area contributed by atoms with Crippen molar-refractivity contribution in [3.05, 3.63) is 22.8 Å². The second-order valence-electron chi connectivity index (χ2n) is 2.25. The molecule has 0 aromatic rings. The fourth-order valence-electron chi connectivity index (χ4n) is 0.891. The summed E-state index contributed by atoms with van der Waals surface area (Å²) >= 11 is 4.76. The van der Waals surface area contributed by atoms with Gasteiger partial charge in [0, 0.05) is 0 Å². The van der Waals surface area contributed by atoms with Crippen molar-refractivity contribution < 1.29 is 15.5 Å². The summed E-state index contributed by atoms with van der Waals surface area (Å²) < 4.78 is 1.14. The van der Waals surface area contributed by atoms with Gasteiger partial charge in [-0.25, -0.2) is 0 Å². The van der Waals surface area contributed by atoms with Gasteiger partial charge in [0.25, 0.3) is 0 Å². The van der Waals surface area contributed by atoms with E-state index in [9.17, 15) is 0 Å². The van der Waals surface area contributed by atoms with E-state index in [1.807, 2.05) is 0 Å². The Kier molecular flexibility index (Phi) is 3.07. The molecule has 0 N–H and O–H groups in total. The average Bonchev–Trinajstić information content (AvgIpc) is 1.79. The third-order valence-electron chi connectivity index (χ3n) is 1.42. The third kappa shape index (κ3) is 2.86. The molecule has 9 heavy (non-hydrogen) atoms. The summed E-state index contributed by atoms with van der Waals surface area (Å²) in [5, 5.41) is 0. The molecular formula is C8H11Ni. The number of hydrogen-bond donors (Lipinski definition) is 0. The Morgan fingerprint density at radius 1 is 1.33 bits per heavy atom. The molecule has 0 unspecified atom stereocenters. The zero-order valence-corrected chi connectivity index (χ0v) is 6.36. The van der Waals surface area contributed by atoms with Crippen LogP contribution in [-0.4, -0.2) is 0 Å². The van der Waals surface area contributed by atoms with E-state index in [2.05, 4.69) is 18.2 Å². The van der Waals surface area contributed by atoms with Crippen LogP contribution in [0.15, 0.2) is 22.8 Å². The summed E-state index contributed by atoms with van der Waals surface area (Å²) in [6.07, 6.45) is 11.3. The van der Waals surface area contributed by atoms with E-state index in [1.165, 1.54) is 19.3 Å². The predicted octanol–water partition coefficient (Wildman–Crippen LogP) is 2.55. The van der Waals surface area contributed by atoms with Gasteiger partial charge in [-0.3, -0.25) is 0 Å². The van der Waals surface area contributed by atoms with Crippen LogP contribution in [0.1, 0.15) is 25.7 Å². The maximum absolute atomic E-state index is 4.76. The van der Waals surface area contributed by atoms with Crippen molar-refractivity contribution in [2.45, 2.75) is 25.7 Å². The molecule has 0 spiro atoms. The van der Waals surface area contributed by atoms with Crippen LogP contribution in [0.3, 0.4) is 0 Å². The van der Waals surface area contributed by atoms with Crippen LogP contribution >= 0.6 is 0 Å². The molecule has 0 saturated carbocycles. The number of hydrogen-bond acceptors (Lipinski definition) is 0. The first kappa shape index (κ1) is 7.08. The molecule has 53 valence electrons. The molecule has 0 bridgehead atoms. The average molecular weight is 166 g/mol. The predicted molar refractivity (Wildman–Crippen MR) is 35.7 cm³/mol. The second kappa shape index (κ2) is 3.90. The van der Waals surface area contributed by atoms with Gasteiger partial charge in [0.05, 0.1) is 0 Å². The molecular weight excluding hydrogens is 155 g/mol. The summed E-state index contributed by atoms with van der Waals surface area (Å²) in [6.45, 7) is 0. The van der Waals surface area contributed by atoms with Gasteiger partial charge in [0.2, 0.25) is 0 Å². The first-order valence-corrected chi connectivity index (χ1v) is 3.87. The Bertz CT molecular complexity index is 134. The first-order valence-electron chi connectivity index (χ1n) is 3.38. The Hall–Kier alpha value is -0.0265. The van der Waals surface area contributed by atoms with Crippen molar-refractivity contribution in [3.8, 4) is 0 Å². The molecule has 0 heterocycles. The van der Waals surface area contributed by atoms with Crippen LogP contribution < -0.4 is 0 Å². The summed E-state index contributed by atoms with van der Waals surface area (Å²) in [7, 11) is 0. The quantitative estimate of drug-likeness (QED) is 0.485. The molecule has 0 fully saturated rings. The van der Waals surface area contributed by atoms with Crippen LogP contribution in [0, 0.1) is 0 Å². The second-order valence-corrected chi connectivity index (χ2v) is 2.88. The summed E-state index contributed by atoms with van der Waals surface area (Å²) in [5.41, 5.74) is 0. The molecule has 1 heteroatoms. The fraction of sp³-hybridized carbons (Fsp3) is 0.500.